The van der Waals surface area contributed by atoms with Gasteiger partial charge in [-0.1, -0.05) is 6.42 Å². The summed E-state index contributed by atoms with van der Waals surface area (Å²) >= 11 is 0. The molecular weight excluding hydrogens is 333 g/mol. The fraction of sp³-hybridized carbons (Fsp3) is 1.00. The lowest BCUT2D eigenvalue weighted by Gasteiger charge is -2.22. The summed E-state index contributed by atoms with van der Waals surface area (Å²) in [7, 11) is -5.51. The Morgan fingerprint density at radius 3 is 2.43 bits per heavy atom. The van der Waals surface area contributed by atoms with E-state index in [4.69, 9.17) is 21.5 Å². The average molecular weight is 356 g/mol. The summed E-state index contributed by atoms with van der Waals surface area (Å²) in [6.07, 6.45) is 0.593. The van der Waals surface area contributed by atoms with E-state index >= 15 is 0 Å². The van der Waals surface area contributed by atoms with Crippen molar-refractivity contribution in [3.05, 3.63) is 0 Å². The fourth-order valence-corrected chi connectivity index (χ4v) is 4.62. The second kappa shape index (κ2) is 6.50. The number of hydrogen-bond acceptors (Lipinski definition) is 6. The SMILES string of the molecule is NCC1(NS(=O)(=O)N2C[C@H](CCCB(O)O)[C@@H](N)C2)CC1(F)F. The topological polar surface area (TPSA) is 142 Å². The molecule has 0 bridgehead atoms. The molecule has 3 atom stereocenters. The fourth-order valence-electron chi connectivity index (χ4n) is 2.94. The number of halogens is 2. The maximum atomic E-state index is 13.4. The van der Waals surface area contributed by atoms with E-state index < -0.39 is 47.8 Å². The molecule has 0 aromatic rings. The molecule has 0 amide bonds. The highest BCUT2D eigenvalue weighted by Gasteiger charge is 2.72. The van der Waals surface area contributed by atoms with E-state index in [1.54, 1.807) is 0 Å². The summed E-state index contributed by atoms with van der Waals surface area (Å²) in [4.78, 5) is 0. The van der Waals surface area contributed by atoms with Gasteiger partial charge < -0.3 is 21.5 Å². The van der Waals surface area contributed by atoms with Crippen molar-refractivity contribution in [3.8, 4) is 0 Å². The second-order valence-corrected chi connectivity index (χ2v) is 8.10. The molecule has 1 aliphatic heterocycles. The summed E-state index contributed by atoms with van der Waals surface area (Å²) in [6.45, 7) is -0.324. The van der Waals surface area contributed by atoms with Crippen LogP contribution in [-0.2, 0) is 10.2 Å². The van der Waals surface area contributed by atoms with Gasteiger partial charge in [0.15, 0.2) is 0 Å². The Bertz CT molecular complexity index is 538. The van der Waals surface area contributed by atoms with Gasteiger partial charge in [-0.15, -0.1) is 0 Å². The van der Waals surface area contributed by atoms with E-state index in [0.29, 0.717) is 12.8 Å². The predicted molar refractivity (Wildman–Crippen MR) is 80.7 cm³/mol. The van der Waals surface area contributed by atoms with E-state index in [0.717, 1.165) is 4.31 Å². The molecule has 0 aromatic heterocycles. The predicted octanol–water partition coefficient (Wildman–Crippen LogP) is -1.93. The molecule has 0 spiro atoms. The van der Waals surface area contributed by atoms with Crippen LogP contribution in [0.4, 0.5) is 8.78 Å². The van der Waals surface area contributed by atoms with Gasteiger partial charge in [0.05, 0.1) is 0 Å². The lowest BCUT2D eigenvalue weighted by atomic mass is 9.82. The normalized spacial score (nSPS) is 33.8. The zero-order valence-corrected chi connectivity index (χ0v) is 13.5. The Morgan fingerprint density at radius 2 is 1.96 bits per heavy atom. The zero-order chi connectivity index (χ0) is 17.5. The van der Waals surface area contributed by atoms with Crippen LogP contribution in [0, 0.1) is 5.92 Å². The van der Waals surface area contributed by atoms with Crippen LogP contribution >= 0.6 is 0 Å². The van der Waals surface area contributed by atoms with Crippen LogP contribution in [0.5, 0.6) is 0 Å². The number of rotatable bonds is 8. The van der Waals surface area contributed by atoms with Crippen LogP contribution in [0.3, 0.4) is 0 Å². The van der Waals surface area contributed by atoms with E-state index in [1.807, 2.05) is 4.72 Å². The molecule has 7 N–H and O–H groups in total. The summed E-state index contributed by atoms with van der Waals surface area (Å²) in [5, 5.41) is 17.6. The van der Waals surface area contributed by atoms with Gasteiger partial charge >= 0.3 is 7.12 Å². The maximum absolute atomic E-state index is 13.4. The third kappa shape index (κ3) is 4.01. The van der Waals surface area contributed by atoms with Crippen LogP contribution in [0.25, 0.3) is 0 Å². The standard InChI is InChI=1S/C11H23BF2N4O4S/c13-11(14)6-10(11,7-15)17-23(21,22)18-4-8(9(16)5-18)2-1-3-12(19)20/h8-9,17,19-20H,1-7,15-16H2/t8-,9-,10?/m0/s1. The highest BCUT2D eigenvalue weighted by Crippen LogP contribution is 2.52. The van der Waals surface area contributed by atoms with Gasteiger partial charge in [0.1, 0.15) is 5.54 Å². The van der Waals surface area contributed by atoms with Crippen LogP contribution < -0.4 is 16.2 Å². The van der Waals surface area contributed by atoms with Gasteiger partial charge in [-0.25, -0.2) is 8.78 Å². The van der Waals surface area contributed by atoms with Crippen molar-refractivity contribution in [2.75, 3.05) is 19.6 Å². The number of nitrogens with zero attached hydrogens (tertiary/aromatic N) is 1. The molecule has 0 radical (unpaired) electrons. The summed E-state index contributed by atoms with van der Waals surface area (Å²) in [6, 6.07) is -0.420. The molecule has 1 saturated heterocycles. The van der Waals surface area contributed by atoms with Crippen molar-refractivity contribution in [1.29, 1.82) is 0 Å². The Balaban J connectivity index is 1.94. The molecular formula is C11H23BF2N4O4S. The lowest BCUT2D eigenvalue weighted by Crippen LogP contribution is -2.52. The highest BCUT2D eigenvalue weighted by atomic mass is 32.2. The first-order valence-corrected chi connectivity index (χ1v) is 8.96. The molecule has 8 nitrogen and oxygen atoms in total. The van der Waals surface area contributed by atoms with Gasteiger partial charge in [0.25, 0.3) is 16.1 Å². The van der Waals surface area contributed by atoms with Crippen molar-refractivity contribution < 1.29 is 27.2 Å². The molecule has 0 aromatic carbocycles. The van der Waals surface area contributed by atoms with Crippen LogP contribution in [0.2, 0.25) is 6.32 Å². The molecule has 1 heterocycles. The van der Waals surface area contributed by atoms with Crippen molar-refractivity contribution in [1.82, 2.24) is 9.03 Å². The second-order valence-electron chi connectivity index (χ2n) is 6.43. The molecule has 1 aliphatic carbocycles. The first-order chi connectivity index (χ1) is 10.5. The maximum Gasteiger partial charge on any atom is 0.451 e. The molecule has 2 aliphatic rings. The molecule has 2 fully saturated rings. The van der Waals surface area contributed by atoms with Crippen LogP contribution in [0.15, 0.2) is 0 Å². The number of hydrogen-bond donors (Lipinski definition) is 5. The minimum atomic E-state index is -4.10. The highest BCUT2D eigenvalue weighted by molar-refractivity contribution is 7.87. The average Bonchev–Trinajstić information content (AvgIpc) is 2.75. The van der Waals surface area contributed by atoms with Gasteiger partial charge in [-0.3, -0.25) is 0 Å². The van der Waals surface area contributed by atoms with E-state index in [2.05, 4.69) is 0 Å². The van der Waals surface area contributed by atoms with Crippen molar-refractivity contribution in [2.24, 2.45) is 17.4 Å². The molecule has 134 valence electrons. The lowest BCUT2D eigenvalue weighted by molar-refractivity contribution is 0.0866. The monoisotopic (exact) mass is 356 g/mol. The molecule has 12 heteroatoms. The van der Waals surface area contributed by atoms with E-state index in [-0.39, 0.29) is 25.3 Å². The van der Waals surface area contributed by atoms with E-state index in [1.165, 1.54) is 0 Å². The van der Waals surface area contributed by atoms with Gasteiger partial charge in [0, 0.05) is 32.1 Å². The summed E-state index contributed by atoms with van der Waals surface area (Å²) in [5.41, 5.74) is 9.32. The third-order valence-corrected chi connectivity index (χ3v) is 6.23. The zero-order valence-electron chi connectivity index (χ0n) is 12.7. The minimum Gasteiger partial charge on any atom is -0.427 e. The number of alkyl halides is 2. The molecule has 23 heavy (non-hydrogen) atoms. The molecule has 2 rings (SSSR count). The van der Waals surface area contributed by atoms with Gasteiger partial charge in [-0.05, 0) is 18.7 Å². The van der Waals surface area contributed by atoms with Crippen molar-refractivity contribution in [2.45, 2.75) is 43.1 Å². The first-order valence-electron chi connectivity index (χ1n) is 7.52. The summed E-state index contributed by atoms with van der Waals surface area (Å²) < 4.78 is 54.4. The van der Waals surface area contributed by atoms with E-state index in [9.17, 15) is 17.2 Å². The molecule has 1 saturated carbocycles. The number of nitrogens with one attached hydrogen (secondary N) is 1. The smallest absolute Gasteiger partial charge is 0.427 e. The number of nitrogens with two attached hydrogens (primary N) is 2. The summed E-state index contributed by atoms with van der Waals surface area (Å²) in [5.74, 6) is -3.29. The third-order valence-electron chi connectivity index (χ3n) is 4.61. The van der Waals surface area contributed by atoms with Gasteiger partial charge in [-0.2, -0.15) is 17.4 Å². The quantitative estimate of drug-likeness (QED) is 0.321. The molecule has 1 unspecified atom stereocenters. The van der Waals surface area contributed by atoms with Crippen LogP contribution in [-0.4, -0.2) is 67.0 Å². The Morgan fingerprint density at radius 1 is 1.35 bits per heavy atom. The van der Waals surface area contributed by atoms with Crippen molar-refractivity contribution >= 4 is 17.3 Å². The Hall–Kier alpha value is -0.365. The largest absolute Gasteiger partial charge is 0.451 e. The van der Waals surface area contributed by atoms with Gasteiger partial charge in [0.2, 0.25) is 0 Å². The van der Waals surface area contributed by atoms with Crippen molar-refractivity contribution in [3.63, 3.8) is 0 Å². The Kier molecular flexibility index (Phi) is 5.36. The first kappa shape index (κ1) is 19.0. The van der Waals surface area contributed by atoms with Crippen LogP contribution in [0.1, 0.15) is 19.3 Å². The Labute approximate surface area is 134 Å². The minimum absolute atomic E-state index is 0.0356.